The molecule has 0 aliphatic carbocycles. The van der Waals surface area contributed by atoms with Crippen LogP contribution in [0.3, 0.4) is 0 Å². The van der Waals surface area contributed by atoms with Crippen molar-refractivity contribution >= 4 is 8.07 Å². The van der Waals surface area contributed by atoms with Crippen LogP contribution in [0, 0.1) is 0 Å². The van der Waals surface area contributed by atoms with Gasteiger partial charge in [0.15, 0.2) is 0 Å². The van der Waals surface area contributed by atoms with Gasteiger partial charge in [-0.1, -0.05) is 64.6 Å². The second kappa shape index (κ2) is 10.6. The van der Waals surface area contributed by atoms with E-state index in [1.807, 2.05) is 0 Å². The molecular weight excluding hydrogens is 297 g/mol. The zero-order valence-corrected chi connectivity index (χ0v) is 16.0. The molecule has 1 aliphatic heterocycles. The molecular formula is C11H24Cl2SiZn. The van der Waals surface area contributed by atoms with Crippen molar-refractivity contribution < 1.29 is 44.3 Å². The number of hydrogen-bond donors (Lipinski definition) is 0. The van der Waals surface area contributed by atoms with Crippen molar-refractivity contribution in [2.24, 2.45) is 0 Å². The Morgan fingerprint density at radius 2 is 1.53 bits per heavy atom. The minimum Gasteiger partial charge on any atom is -1.00 e. The number of rotatable bonds is 3. The Balaban J connectivity index is -0.000000480. The van der Waals surface area contributed by atoms with Crippen molar-refractivity contribution in [3.05, 3.63) is 0 Å². The summed E-state index contributed by atoms with van der Waals surface area (Å²) in [6.07, 6.45) is 6.09. The van der Waals surface area contributed by atoms with Crippen LogP contribution in [-0.4, -0.2) is 8.07 Å². The molecule has 0 N–H and O–H groups in total. The summed E-state index contributed by atoms with van der Waals surface area (Å²) < 4.78 is 0. The van der Waals surface area contributed by atoms with Gasteiger partial charge in [-0.2, -0.15) is 0 Å². The Hall–Kier alpha value is 1.42. The fourth-order valence-corrected chi connectivity index (χ4v) is 8.60. The van der Waals surface area contributed by atoms with Gasteiger partial charge in [0.05, 0.1) is 8.07 Å². The molecule has 1 aliphatic rings. The molecule has 4 heteroatoms. The standard InChI is InChI=1S/C11H24Si.2ClH.Zn/c1-4-11-9-7-8-10-12(11,5-2)6-3;;;/h11H,4-10H2,1-3H3;2*1H;/q;;;+2/p-2. The molecule has 0 saturated carbocycles. The Bertz CT molecular complexity index is 141. The van der Waals surface area contributed by atoms with E-state index in [-0.39, 0.29) is 44.3 Å². The summed E-state index contributed by atoms with van der Waals surface area (Å²) in [6, 6.07) is 4.72. The molecule has 1 heterocycles. The molecule has 1 rings (SSSR count). The van der Waals surface area contributed by atoms with Gasteiger partial charge in [0.2, 0.25) is 0 Å². The topological polar surface area (TPSA) is 0 Å². The van der Waals surface area contributed by atoms with E-state index < -0.39 is 8.07 Å². The fourth-order valence-electron chi connectivity index (χ4n) is 3.20. The molecule has 15 heavy (non-hydrogen) atoms. The second-order valence-electron chi connectivity index (χ2n) is 4.42. The molecule has 88 valence electrons. The largest absolute Gasteiger partial charge is 2.00 e. The molecule has 0 nitrogen and oxygen atoms in total. The van der Waals surface area contributed by atoms with E-state index in [2.05, 4.69) is 20.8 Å². The van der Waals surface area contributed by atoms with Crippen molar-refractivity contribution in [3.8, 4) is 0 Å². The Morgan fingerprint density at radius 3 is 1.87 bits per heavy atom. The average molecular weight is 321 g/mol. The van der Waals surface area contributed by atoms with Crippen molar-refractivity contribution in [1.82, 2.24) is 0 Å². The summed E-state index contributed by atoms with van der Waals surface area (Å²) in [5.74, 6) is 0. The van der Waals surface area contributed by atoms with E-state index in [9.17, 15) is 0 Å². The fraction of sp³-hybridized carbons (Fsp3) is 1.00. The van der Waals surface area contributed by atoms with E-state index >= 15 is 0 Å². The molecule has 0 radical (unpaired) electrons. The summed E-state index contributed by atoms with van der Waals surface area (Å²) in [5.41, 5.74) is 1.17. The van der Waals surface area contributed by atoms with Gasteiger partial charge in [-0.3, -0.25) is 0 Å². The zero-order chi connectivity index (χ0) is 9.03. The summed E-state index contributed by atoms with van der Waals surface area (Å²) in [7, 11) is -0.760. The van der Waals surface area contributed by atoms with E-state index in [4.69, 9.17) is 0 Å². The summed E-state index contributed by atoms with van der Waals surface area (Å²) in [6.45, 7) is 7.30. The van der Waals surface area contributed by atoms with Crippen LogP contribution in [-0.2, 0) is 19.5 Å². The van der Waals surface area contributed by atoms with Gasteiger partial charge in [0.1, 0.15) is 0 Å². The van der Waals surface area contributed by atoms with Gasteiger partial charge in [0.25, 0.3) is 0 Å². The Labute approximate surface area is 122 Å². The molecule has 0 aromatic heterocycles. The smallest absolute Gasteiger partial charge is 1.00 e. The van der Waals surface area contributed by atoms with Crippen LogP contribution in [0.2, 0.25) is 23.7 Å². The monoisotopic (exact) mass is 318 g/mol. The van der Waals surface area contributed by atoms with Crippen LogP contribution in [0.4, 0.5) is 0 Å². The normalized spacial score (nSPS) is 23.0. The summed E-state index contributed by atoms with van der Waals surface area (Å²) in [5, 5.41) is 0. The van der Waals surface area contributed by atoms with Crippen molar-refractivity contribution in [2.75, 3.05) is 0 Å². The molecule has 1 saturated heterocycles. The van der Waals surface area contributed by atoms with Crippen LogP contribution < -0.4 is 24.8 Å². The van der Waals surface area contributed by atoms with Crippen LogP contribution in [0.5, 0.6) is 0 Å². The second-order valence-corrected chi connectivity index (χ2v) is 9.88. The van der Waals surface area contributed by atoms with Crippen LogP contribution >= 0.6 is 0 Å². The third kappa shape index (κ3) is 5.06. The van der Waals surface area contributed by atoms with Crippen molar-refractivity contribution in [2.45, 2.75) is 70.1 Å². The molecule has 1 fully saturated rings. The molecule has 1 atom stereocenters. The maximum Gasteiger partial charge on any atom is 2.00 e. The minimum absolute atomic E-state index is 0. The maximum atomic E-state index is 2.45. The average Bonchev–Trinajstić information content (AvgIpc) is 2.17. The first-order chi connectivity index (χ1) is 5.79. The molecule has 0 aromatic rings. The van der Waals surface area contributed by atoms with Gasteiger partial charge in [-0.15, -0.1) is 0 Å². The number of hydrogen-bond acceptors (Lipinski definition) is 0. The molecule has 0 spiro atoms. The third-order valence-electron chi connectivity index (χ3n) is 4.24. The predicted octanol–water partition coefficient (Wildman–Crippen LogP) is -1.56. The first-order valence-corrected chi connectivity index (χ1v) is 8.49. The van der Waals surface area contributed by atoms with E-state index in [1.54, 1.807) is 31.0 Å². The Kier molecular flexibility index (Phi) is 15.3. The third-order valence-corrected chi connectivity index (χ3v) is 10.8. The number of halogens is 2. The van der Waals surface area contributed by atoms with E-state index in [0.29, 0.717) is 0 Å². The van der Waals surface area contributed by atoms with E-state index in [0.717, 1.165) is 0 Å². The van der Waals surface area contributed by atoms with Crippen LogP contribution in [0.25, 0.3) is 0 Å². The van der Waals surface area contributed by atoms with E-state index in [1.165, 1.54) is 18.4 Å². The predicted molar refractivity (Wildman–Crippen MR) is 59.4 cm³/mol. The van der Waals surface area contributed by atoms with Gasteiger partial charge in [-0.05, 0) is 5.54 Å². The first-order valence-electron chi connectivity index (χ1n) is 5.79. The van der Waals surface area contributed by atoms with Gasteiger partial charge < -0.3 is 24.8 Å². The van der Waals surface area contributed by atoms with Gasteiger partial charge in [-0.25, -0.2) is 0 Å². The first kappa shape index (κ1) is 21.7. The molecule has 0 bridgehead atoms. The maximum absolute atomic E-state index is 2.45. The molecule has 0 amide bonds. The SMILES string of the molecule is CCC1CCCC[Si]1(CC)CC.[Cl-].[Cl-].[Zn+2]. The minimum atomic E-state index is -0.760. The van der Waals surface area contributed by atoms with Crippen molar-refractivity contribution in [3.63, 3.8) is 0 Å². The Morgan fingerprint density at radius 1 is 1.00 bits per heavy atom. The van der Waals surface area contributed by atoms with Crippen LogP contribution in [0.1, 0.15) is 46.5 Å². The molecule has 1 unspecified atom stereocenters. The van der Waals surface area contributed by atoms with Gasteiger partial charge >= 0.3 is 19.5 Å². The van der Waals surface area contributed by atoms with Gasteiger partial charge in [0, 0.05) is 0 Å². The molecule has 0 aromatic carbocycles. The summed E-state index contributed by atoms with van der Waals surface area (Å²) in [4.78, 5) is 0. The summed E-state index contributed by atoms with van der Waals surface area (Å²) >= 11 is 0. The quantitative estimate of drug-likeness (QED) is 0.552. The zero-order valence-electron chi connectivity index (χ0n) is 10.5. The van der Waals surface area contributed by atoms with Crippen LogP contribution in [0.15, 0.2) is 0 Å². The van der Waals surface area contributed by atoms with Crippen molar-refractivity contribution in [1.29, 1.82) is 0 Å².